The minimum absolute atomic E-state index is 0.0887. The lowest BCUT2D eigenvalue weighted by Crippen LogP contribution is -2.67. The summed E-state index contributed by atoms with van der Waals surface area (Å²) in [5, 5.41) is 33.6. The van der Waals surface area contributed by atoms with E-state index in [0.717, 1.165) is 57.8 Å². The number of carbonyl (C=O) groups is 1. The number of carboxylic acid groups (broad SMARTS) is 1. The Hall–Kier alpha value is -0.610. The van der Waals surface area contributed by atoms with Crippen LogP contribution in [0.5, 0.6) is 0 Å². The van der Waals surface area contributed by atoms with Crippen LogP contribution in [0.2, 0.25) is 0 Å². The smallest absolute Gasteiger partial charge is 0.309 e. The van der Waals surface area contributed by atoms with Crippen LogP contribution < -0.4 is 0 Å². The lowest BCUT2D eigenvalue weighted by Gasteiger charge is -2.70. The van der Waals surface area contributed by atoms with Crippen molar-refractivity contribution in [3.8, 4) is 0 Å². The van der Waals surface area contributed by atoms with Crippen LogP contribution in [-0.2, 0) is 4.79 Å². The second-order valence-electron chi connectivity index (χ2n) is 15.3. The topological polar surface area (TPSA) is 77.8 Å². The van der Waals surface area contributed by atoms with Gasteiger partial charge in [-0.15, -0.1) is 0 Å². The highest BCUT2D eigenvalue weighted by atomic mass is 16.4. The van der Waals surface area contributed by atoms with E-state index in [1.54, 1.807) is 0 Å². The quantitative estimate of drug-likeness (QED) is 0.444. The van der Waals surface area contributed by atoms with Gasteiger partial charge in [0.05, 0.1) is 17.6 Å². The van der Waals surface area contributed by atoms with Crippen LogP contribution in [0.3, 0.4) is 0 Å². The number of carboxylic acids is 1. The van der Waals surface area contributed by atoms with Gasteiger partial charge in [-0.3, -0.25) is 4.79 Å². The molecule has 34 heavy (non-hydrogen) atoms. The molecule has 0 spiro atoms. The maximum absolute atomic E-state index is 12.9. The summed E-state index contributed by atoms with van der Waals surface area (Å²) in [5.74, 6) is 1.30. The van der Waals surface area contributed by atoms with Crippen molar-refractivity contribution in [3.63, 3.8) is 0 Å². The van der Waals surface area contributed by atoms with Crippen molar-refractivity contribution in [2.24, 2.45) is 62.1 Å². The summed E-state index contributed by atoms with van der Waals surface area (Å²) in [6.45, 7) is 14.2. The third-order valence-corrected chi connectivity index (χ3v) is 14.6. The molecule has 0 amide bonds. The minimum atomic E-state index is -0.645. The molecule has 0 radical (unpaired) electrons. The molecule has 6 saturated carbocycles. The van der Waals surface area contributed by atoms with Crippen LogP contribution in [0.15, 0.2) is 0 Å². The number of rotatable bonds is 1. The van der Waals surface area contributed by atoms with E-state index in [1.807, 2.05) is 0 Å². The Morgan fingerprint density at radius 3 is 2.21 bits per heavy atom. The molecule has 4 nitrogen and oxygen atoms in total. The monoisotopic (exact) mass is 472 g/mol. The van der Waals surface area contributed by atoms with E-state index in [9.17, 15) is 20.1 Å². The van der Waals surface area contributed by atoms with Crippen molar-refractivity contribution in [2.75, 3.05) is 0 Å². The molecule has 12 atom stereocenters. The molecule has 0 aromatic carbocycles. The zero-order valence-corrected chi connectivity index (χ0v) is 22.4. The van der Waals surface area contributed by atoms with Crippen LogP contribution in [0.4, 0.5) is 0 Å². The fourth-order valence-electron chi connectivity index (χ4n) is 12.7. The Labute approximate surface area is 206 Å². The van der Waals surface area contributed by atoms with Crippen LogP contribution >= 0.6 is 0 Å². The number of aliphatic carboxylic acids is 1. The average molecular weight is 473 g/mol. The third kappa shape index (κ3) is 2.30. The Morgan fingerprint density at radius 1 is 0.824 bits per heavy atom. The highest BCUT2D eigenvalue weighted by Gasteiger charge is 2.88. The van der Waals surface area contributed by atoms with Crippen LogP contribution in [0.1, 0.15) is 106 Å². The lowest BCUT2D eigenvalue weighted by molar-refractivity contribution is -0.249. The molecule has 6 rings (SSSR count). The van der Waals surface area contributed by atoms with E-state index in [4.69, 9.17) is 0 Å². The molecule has 6 fully saturated rings. The number of hydrogen-bond donors (Lipinski definition) is 3. The van der Waals surface area contributed by atoms with E-state index in [2.05, 4.69) is 41.5 Å². The molecule has 0 aliphatic heterocycles. The zero-order valence-electron chi connectivity index (χ0n) is 22.4. The van der Waals surface area contributed by atoms with Gasteiger partial charge in [0.25, 0.3) is 0 Å². The number of hydrogen-bond acceptors (Lipinski definition) is 3. The second-order valence-corrected chi connectivity index (χ2v) is 15.3. The molecule has 0 unspecified atom stereocenters. The normalized spacial score (nSPS) is 61.7. The molecule has 6 aliphatic rings. The number of aliphatic hydroxyl groups excluding tert-OH is 2. The van der Waals surface area contributed by atoms with Gasteiger partial charge in [-0.1, -0.05) is 41.5 Å². The average Bonchev–Trinajstić information content (AvgIpc) is 3.49. The summed E-state index contributed by atoms with van der Waals surface area (Å²) >= 11 is 0. The first-order chi connectivity index (χ1) is 15.7. The Bertz CT molecular complexity index is 913. The van der Waals surface area contributed by atoms with Crippen molar-refractivity contribution in [1.29, 1.82) is 0 Å². The molecule has 0 aromatic heterocycles. The maximum atomic E-state index is 12.9. The molecule has 192 valence electrons. The van der Waals surface area contributed by atoms with Gasteiger partial charge in [-0.2, -0.15) is 0 Å². The SMILES string of the molecule is C[C@H]1[C@H](C)CC[C@]2(C(=O)O)CC[C@]34C[C@]3([C@H](O)C[C@@H]3[C@@]5(C)CC[C@H](O)C(C)(C)[C@@H]5CC[C@]34C)[C@H]12. The standard InChI is InChI=1S/C30H48O4/c1-17-7-12-28(24(33)34)13-14-29-16-30(29,23(28)18(17)2)22(32)15-20-26(5)10-9-21(31)25(3,4)19(26)8-11-27(20,29)6/h17-23,31-32H,7-16H2,1-6H3,(H,33,34)/t17-,18+,19+,20-,21+,22-,23-,26+,27-,28+,29-,30+/m1/s1. The van der Waals surface area contributed by atoms with Crippen LogP contribution in [-0.4, -0.2) is 33.5 Å². The minimum Gasteiger partial charge on any atom is -0.481 e. The van der Waals surface area contributed by atoms with Gasteiger partial charge >= 0.3 is 5.97 Å². The summed E-state index contributed by atoms with van der Waals surface area (Å²) in [6, 6.07) is 0. The zero-order chi connectivity index (χ0) is 24.7. The fourth-order valence-corrected chi connectivity index (χ4v) is 12.7. The molecular weight excluding hydrogens is 424 g/mol. The van der Waals surface area contributed by atoms with E-state index in [0.29, 0.717) is 23.7 Å². The summed E-state index contributed by atoms with van der Waals surface area (Å²) in [6.07, 6.45) is 9.02. The van der Waals surface area contributed by atoms with Crippen molar-refractivity contribution >= 4 is 5.97 Å². The van der Waals surface area contributed by atoms with Gasteiger partial charge in [0.1, 0.15) is 0 Å². The molecular formula is C30H48O4. The predicted molar refractivity (Wildman–Crippen MR) is 132 cm³/mol. The predicted octanol–water partition coefficient (Wildman–Crippen LogP) is 5.89. The molecule has 0 aromatic rings. The maximum Gasteiger partial charge on any atom is 0.309 e. The molecule has 4 heteroatoms. The van der Waals surface area contributed by atoms with Gasteiger partial charge in [0.2, 0.25) is 0 Å². The molecule has 0 saturated heterocycles. The van der Waals surface area contributed by atoms with Crippen molar-refractivity contribution in [2.45, 2.75) is 118 Å². The number of fused-ring (bicyclic) bond motifs is 4. The Morgan fingerprint density at radius 2 is 1.53 bits per heavy atom. The van der Waals surface area contributed by atoms with Crippen molar-refractivity contribution in [1.82, 2.24) is 0 Å². The van der Waals surface area contributed by atoms with Gasteiger partial charge in [0.15, 0.2) is 0 Å². The first-order valence-corrected chi connectivity index (χ1v) is 14.3. The Kier molecular flexibility index (Phi) is 4.63. The second kappa shape index (κ2) is 6.63. The van der Waals surface area contributed by atoms with E-state index in [-0.39, 0.29) is 39.1 Å². The van der Waals surface area contributed by atoms with Crippen molar-refractivity contribution in [3.05, 3.63) is 0 Å². The summed E-state index contributed by atoms with van der Waals surface area (Å²) < 4.78 is 0. The van der Waals surface area contributed by atoms with E-state index < -0.39 is 17.5 Å². The van der Waals surface area contributed by atoms with Crippen LogP contribution in [0.25, 0.3) is 0 Å². The summed E-state index contributed by atoms with van der Waals surface area (Å²) in [7, 11) is 0. The molecule has 3 N–H and O–H groups in total. The largest absolute Gasteiger partial charge is 0.481 e. The van der Waals surface area contributed by atoms with Crippen molar-refractivity contribution < 1.29 is 20.1 Å². The molecule has 0 heterocycles. The van der Waals surface area contributed by atoms with E-state index >= 15 is 0 Å². The molecule has 0 bridgehead atoms. The lowest BCUT2D eigenvalue weighted by atomic mass is 9.34. The van der Waals surface area contributed by atoms with Gasteiger partial charge < -0.3 is 15.3 Å². The third-order valence-electron chi connectivity index (χ3n) is 14.6. The summed E-state index contributed by atoms with van der Waals surface area (Å²) in [4.78, 5) is 12.9. The number of aliphatic hydroxyl groups is 2. The highest BCUT2D eigenvalue weighted by Crippen LogP contribution is 2.91. The van der Waals surface area contributed by atoms with Gasteiger partial charge in [0, 0.05) is 5.41 Å². The van der Waals surface area contributed by atoms with Gasteiger partial charge in [-0.05, 0) is 115 Å². The fraction of sp³-hybridized carbons (Fsp3) is 0.967. The first-order valence-electron chi connectivity index (χ1n) is 14.3. The van der Waals surface area contributed by atoms with Crippen LogP contribution in [0, 0.1) is 62.1 Å². The first kappa shape index (κ1) is 23.8. The molecule has 6 aliphatic carbocycles. The summed E-state index contributed by atoms with van der Waals surface area (Å²) in [5.41, 5.74) is -0.573. The van der Waals surface area contributed by atoms with Gasteiger partial charge in [-0.25, -0.2) is 0 Å². The van der Waals surface area contributed by atoms with E-state index in [1.165, 1.54) is 6.42 Å². The Balaban J connectivity index is 1.46. The highest BCUT2D eigenvalue weighted by molar-refractivity contribution is 5.76.